The van der Waals surface area contributed by atoms with Crippen LogP contribution in [-0.4, -0.2) is 10.9 Å². The number of hydrogen-bond acceptors (Lipinski definition) is 4. The van der Waals surface area contributed by atoms with Crippen LogP contribution in [-0.2, 0) is 5.41 Å². The maximum atomic E-state index is 12.6. The molecule has 0 fully saturated rings. The fourth-order valence-electron chi connectivity index (χ4n) is 3.21. The summed E-state index contributed by atoms with van der Waals surface area (Å²) in [7, 11) is 0. The van der Waals surface area contributed by atoms with Crippen molar-refractivity contribution in [2.45, 2.75) is 26.2 Å². The van der Waals surface area contributed by atoms with Crippen molar-refractivity contribution in [3.05, 3.63) is 94.4 Å². The number of amides is 1. The van der Waals surface area contributed by atoms with Crippen molar-refractivity contribution in [3.63, 3.8) is 0 Å². The normalized spacial score (nSPS) is 11.4. The van der Waals surface area contributed by atoms with Gasteiger partial charge in [-0.25, -0.2) is 0 Å². The molecule has 0 radical (unpaired) electrons. The Hall–Kier alpha value is -3.73. The molecule has 30 heavy (non-hydrogen) atoms. The van der Waals surface area contributed by atoms with Crippen LogP contribution in [0.2, 0.25) is 0 Å². The van der Waals surface area contributed by atoms with E-state index >= 15 is 0 Å². The zero-order valence-corrected chi connectivity index (χ0v) is 17.1. The lowest BCUT2D eigenvalue weighted by Crippen LogP contribution is -2.12. The van der Waals surface area contributed by atoms with E-state index in [1.54, 1.807) is 36.5 Å². The Bertz CT molecular complexity index is 1270. The van der Waals surface area contributed by atoms with E-state index in [2.05, 4.69) is 31.1 Å². The Balaban J connectivity index is 1.68. The molecule has 1 amide bonds. The van der Waals surface area contributed by atoms with Crippen LogP contribution in [0.15, 0.2) is 82.3 Å². The van der Waals surface area contributed by atoms with Gasteiger partial charge in [0.05, 0.1) is 10.9 Å². The Morgan fingerprint density at radius 3 is 2.43 bits per heavy atom. The van der Waals surface area contributed by atoms with E-state index in [9.17, 15) is 9.59 Å². The summed E-state index contributed by atoms with van der Waals surface area (Å²) >= 11 is 0. The van der Waals surface area contributed by atoms with Gasteiger partial charge in [0.25, 0.3) is 5.91 Å². The number of benzene rings is 2. The van der Waals surface area contributed by atoms with Crippen LogP contribution < -0.4 is 10.7 Å². The number of nitrogens with one attached hydrogen (secondary N) is 1. The number of carbonyl (C=O) groups excluding carboxylic acids is 1. The van der Waals surface area contributed by atoms with Gasteiger partial charge >= 0.3 is 0 Å². The number of aromatic nitrogens is 1. The molecule has 2 heterocycles. The number of hydrogen-bond donors (Lipinski definition) is 1. The fraction of sp³-hybridized carbons (Fsp3) is 0.160. The lowest BCUT2D eigenvalue weighted by molar-refractivity contribution is 0.102. The molecule has 0 aliphatic carbocycles. The summed E-state index contributed by atoms with van der Waals surface area (Å²) in [5.74, 6) is 0.211. The van der Waals surface area contributed by atoms with E-state index in [1.807, 2.05) is 24.3 Å². The summed E-state index contributed by atoms with van der Waals surface area (Å²) < 4.78 is 6.02. The van der Waals surface area contributed by atoms with Crippen LogP contribution in [0.5, 0.6) is 0 Å². The molecule has 1 N–H and O–H groups in total. The van der Waals surface area contributed by atoms with Crippen molar-refractivity contribution in [3.8, 4) is 11.3 Å². The molecule has 0 aliphatic heterocycles. The van der Waals surface area contributed by atoms with Crippen molar-refractivity contribution in [1.82, 2.24) is 4.98 Å². The lowest BCUT2D eigenvalue weighted by atomic mass is 9.86. The van der Waals surface area contributed by atoms with E-state index in [4.69, 9.17) is 4.42 Å². The summed E-state index contributed by atoms with van der Waals surface area (Å²) in [5, 5.41) is 3.27. The lowest BCUT2D eigenvalue weighted by Gasteiger charge is -2.19. The van der Waals surface area contributed by atoms with Crippen molar-refractivity contribution < 1.29 is 9.21 Å². The Morgan fingerprint density at radius 2 is 1.77 bits per heavy atom. The highest BCUT2D eigenvalue weighted by Gasteiger charge is 2.14. The molecule has 0 saturated heterocycles. The predicted octanol–water partition coefficient (Wildman–Crippen LogP) is 5.40. The largest absolute Gasteiger partial charge is 0.456 e. The van der Waals surface area contributed by atoms with Crippen molar-refractivity contribution in [2.24, 2.45) is 0 Å². The summed E-state index contributed by atoms with van der Waals surface area (Å²) in [6.45, 7) is 6.46. The van der Waals surface area contributed by atoms with Crippen molar-refractivity contribution >= 4 is 22.6 Å². The van der Waals surface area contributed by atoms with Gasteiger partial charge in [-0.1, -0.05) is 45.0 Å². The molecular weight excluding hydrogens is 376 g/mol. The van der Waals surface area contributed by atoms with Crippen LogP contribution in [0.3, 0.4) is 0 Å². The molecule has 5 heteroatoms. The highest BCUT2D eigenvalue weighted by Crippen LogP contribution is 2.28. The molecule has 2 aromatic carbocycles. The number of carbonyl (C=O) groups is 1. The minimum atomic E-state index is -0.279. The van der Waals surface area contributed by atoms with Crippen LogP contribution in [0.1, 0.15) is 36.7 Å². The third-order valence-electron chi connectivity index (χ3n) is 4.95. The second-order valence-corrected chi connectivity index (χ2v) is 8.21. The first-order valence-corrected chi connectivity index (χ1v) is 9.71. The smallest absolute Gasteiger partial charge is 0.257 e. The van der Waals surface area contributed by atoms with E-state index in [-0.39, 0.29) is 16.8 Å². The summed E-state index contributed by atoms with van der Waals surface area (Å²) in [6.07, 6.45) is 3.10. The number of nitrogens with zero attached hydrogens (tertiary/aromatic N) is 1. The first-order valence-electron chi connectivity index (χ1n) is 9.71. The maximum Gasteiger partial charge on any atom is 0.257 e. The molecule has 0 spiro atoms. The monoisotopic (exact) mass is 398 g/mol. The first kappa shape index (κ1) is 19.6. The molecule has 0 unspecified atom stereocenters. The van der Waals surface area contributed by atoms with Gasteiger partial charge in [-0.05, 0) is 35.2 Å². The van der Waals surface area contributed by atoms with E-state index in [1.165, 1.54) is 17.8 Å². The van der Waals surface area contributed by atoms with Gasteiger partial charge in [0.2, 0.25) is 0 Å². The van der Waals surface area contributed by atoms with Gasteiger partial charge < -0.3 is 9.73 Å². The quantitative estimate of drug-likeness (QED) is 0.501. The highest BCUT2D eigenvalue weighted by atomic mass is 16.3. The number of fused-ring (bicyclic) bond motifs is 1. The summed E-state index contributed by atoms with van der Waals surface area (Å²) in [5.41, 5.74) is 3.36. The molecule has 0 aliphatic rings. The Morgan fingerprint density at radius 1 is 1.00 bits per heavy atom. The minimum absolute atomic E-state index is 0.0458. The molecule has 2 aromatic heterocycles. The molecular formula is C25H22N2O3. The fourth-order valence-corrected chi connectivity index (χ4v) is 3.21. The van der Waals surface area contributed by atoms with Crippen LogP contribution in [0.4, 0.5) is 5.69 Å². The molecule has 4 rings (SSSR count). The molecule has 5 nitrogen and oxygen atoms in total. The number of rotatable bonds is 3. The van der Waals surface area contributed by atoms with E-state index < -0.39 is 0 Å². The average Bonchev–Trinajstić information content (AvgIpc) is 2.73. The standard InChI is InChI=1S/C25H22N2O3/c1-25(2,3)18-8-6-16(7-9-18)22-14-21(28)20-11-10-19(13-23(20)30-22)27-24(29)17-5-4-12-26-15-17/h4-15H,1-3H3,(H,27,29). The van der Waals surface area contributed by atoms with E-state index in [0.717, 1.165) is 5.56 Å². The summed E-state index contributed by atoms with van der Waals surface area (Å²) in [4.78, 5) is 28.9. The van der Waals surface area contributed by atoms with Gasteiger partial charge in [-0.3, -0.25) is 14.6 Å². The van der Waals surface area contributed by atoms with Gasteiger partial charge in [-0.15, -0.1) is 0 Å². The molecule has 0 bridgehead atoms. The van der Waals surface area contributed by atoms with Crippen molar-refractivity contribution in [1.29, 1.82) is 0 Å². The zero-order chi connectivity index (χ0) is 21.3. The van der Waals surface area contributed by atoms with E-state index in [0.29, 0.717) is 28.0 Å². The second kappa shape index (κ2) is 7.59. The van der Waals surface area contributed by atoms with Gasteiger partial charge in [0.1, 0.15) is 11.3 Å². The second-order valence-electron chi connectivity index (χ2n) is 8.21. The molecule has 0 atom stereocenters. The van der Waals surface area contributed by atoms with Gasteiger partial charge in [-0.2, -0.15) is 0 Å². The number of pyridine rings is 1. The van der Waals surface area contributed by atoms with Crippen LogP contribution in [0.25, 0.3) is 22.3 Å². The minimum Gasteiger partial charge on any atom is -0.456 e. The first-order chi connectivity index (χ1) is 14.3. The SMILES string of the molecule is CC(C)(C)c1ccc(-c2cc(=O)c3ccc(NC(=O)c4cccnc4)cc3o2)cc1. The molecule has 4 aromatic rings. The van der Waals surface area contributed by atoms with Crippen molar-refractivity contribution in [2.75, 3.05) is 5.32 Å². The third-order valence-corrected chi connectivity index (χ3v) is 4.95. The predicted molar refractivity (Wildman–Crippen MR) is 119 cm³/mol. The molecule has 0 saturated carbocycles. The Kier molecular flexibility index (Phi) is 4.96. The third kappa shape index (κ3) is 4.01. The average molecular weight is 398 g/mol. The van der Waals surface area contributed by atoms with Gasteiger partial charge in [0, 0.05) is 35.8 Å². The zero-order valence-electron chi connectivity index (χ0n) is 17.1. The summed E-state index contributed by atoms with van der Waals surface area (Å²) in [6, 6.07) is 17.9. The Labute approximate surface area is 174 Å². The maximum absolute atomic E-state index is 12.6. The topological polar surface area (TPSA) is 72.2 Å². The number of anilines is 1. The van der Waals surface area contributed by atoms with Crippen LogP contribution >= 0.6 is 0 Å². The molecule has 150 valence electrons. The van der Waals surface area contributed by atoms with Crippen LogP contribution in [0, 0.1) is 0 Å². The highest BCUT2D eigenvalue weighted by molar-refractivity contribution is 6.04. The van der Waals surface area contributed by atoms with Gasteiger partial charge in [0.15, 0.2) is 5.43 Å².